The van der Waals surface area contributed by atoms with Crippen LogP contribution < -0.4 is 5.32 Å². The van der Waals surface area contributed by atoms with Gasteiger partial charge in [0.15, 0.2) is 0 Å². The summed E-state index contributed by atoms with van der Waals surface area (Å²) in [5.74, 6) is -0.0306. The molecule has 1 amide bonds. The van der Waals surface area contributed by atoms with Gasteiger partial charge in [0.25, 0.3) is 0 Å². The molecule has 0 radical (unpaired) electrons. The Hall–Kier alpha value is -1.66. The number of allylic oxidation sites excluding steroid dienone is 4. The van der Waals surface area contributed by atoms with E-state index in [0.29, 0.717) is 25.9 Å². The largest absolute Gasteiger partial charge is 0.466 e. The van der Waals surface area contributed by atoms with Crippen molar-refractivity contribution in [2.75, 3.05) is 13.2 Å². The summed E-state index contributed by atoms with van der Waals surface area (Å²) < 4.78 is 5.46. The molecule has 0 aliphatic rings. The number of amides is 1. The lowest BCUT2D eigenvalue weighted by Gasteiger charge is -2.22. The van der Waals surface area contributed by atoms with E-state index < -0.39 is 12.1 Å². The van der Waals surface area contributed by atoms with Gasteiger partial charge < -0.3 is 20.3 Å². The molecule has 0 aliphatic heterocycles. The van der Waals surface area contributed by atoms with Crippen LogP contribution in [0.5, 0.6) is 0 Å². The summed E-state index contributed by atoms with van der Waals surface area (Å²) in [6, 6.07) is -0.545. The number of nitrogens with one attached hydrogen (secondary N) is 1. The second kappa shape index (κ2) is 65.9. The van der Waals surface area contributed by atoms with Gasteiger partial charge >= 0.3 is 5.97 Å². The molecule has 76 heavy (non-hydrogen) atoms. The fourth-order valence-corrected chi connectivity index (χ4v) is 10.9. The fourth-order valence-electron chi connectivity index (χ4n) is 10.9. The summed E-state index contributed by atoms with van der Waals surface area (Å²) in [4.78, 5) is 24.5. The number of esters is 1. The first-order valence-electron chi connectivity index (χ1n) is 34.6. The number of aliphatic hydroxyl groups is 2. The molecule has 3 N–H and O–H groups in total. The van der Waals surface area contributed by atoms with Crippen LogP contribution in [0, 0.1) is 0 Å². The van der Waals surface area contributed by atoms with Crippen LogP contribution in [-0.4, -0.2) is 47.4 Å². The third-order valence-corrected chi connectivity index (χ3v) is 16.2. The van der Waals surface area contributed by atoms with Crippen molar-refractivity contribution < 1.29 is 24.5 Å². The van der Waals surface area contributed by atoms with Crippen LogP contribution in [0.2, 0.25) is 0 Å². The van der Waals surface area contributed by atoms with Gasteiger partial charge in [-0.1, -0.05) is 327 Å². The smallest absolute Gasteiger partial charge is 0.305 e. The normalized spacial score (nSPS) is 12.6. The molecular formula is C70H135NO5. The lowest BCUT2D eigenvalue weighted by molar-refractivity contribution is -0.143. The van der Waals surface area contributed by atoms with Gasteiger partial charge in [-0.15, -0.1) is 0 Å². The average Bonchev–Trinajstić information content (AvgIpc) is 3.42. The van der Waals surface area contributed by atoms with Crippen LogP contribution in [0.3, 0.4) is 0 Å². The molecule has 0 aromatic rings. The maximum absolute atomic E-state index is 12.5. The summed E-state index contributed by atoms with van der Waals surface area (Å²) in [5.41, 5.74) is 0. The number of hydrogen-bond acceptors (Lipinski definition) is 5. The van der Waals surface area contributed by atoms with Gasteiger partial charge in [-0.05, 0) is 70.6 Å². The molecule has 0 saturated heterocycles. The van der Waals surface area contributed by atoms with Gasteiger partial charge in [0.05, 0.1) is 25.4 Å². The van der Waals surface area contributed by atoms with Gasteiger partial charge in [0.2, 0.25) is 5.91 Å². The highest BCUT2D eigenvalue weighted by atomic mass is 16.5. The molecule has 0 bridgehead atoms. The van der Waals surface area contributed by atoms with Crippen LogP contribution in [0.4, 0.5) is 0 Å². The van der Waals surface area contributed by atoms with Crippen molar-refractivity contribution in [3.63, 3.8) is 0 Å². The van der Waals surface area contributed by atoms with E-state index in [1.54, 1.807) is 0 Å². The highest BCUT2D eigenvalue weighted by Gasteiger charge is 2.20. The number of carbonyl (C=O) groups excluding carboxylic acids is 2. The van der Waals surface area contributed by atoms with E-state index in [-0.39, 0.29) is 18.5 Å². The molecule has 0 rings (SSSR count). The molecule has 0 heterocycles. The van der Waals surface area contributed by atoms with E-state index in [1.165, 1.54) is 308 Å². The summed E-state index contributed by atoms with van der Waals surface area (Å²) in [6.45, 7) is 4.95. The highest BCUT2D eigenvalue weighted by Crippen LogP contribution is 2.19. The van der Waals surface area contributed by atoms with Crippen molar-refractivity contribution in [2.45, 2.75) is 398 Å². The van der Waals surface area contributed by atoms with Crippen molar-refractivity contribution in [1.82, 2.24) is 5.32 Å². The minimum atomic E-state index is -0.667. The molecule has 0 aromatic heterocycles. The Labute approximate surface area is 475 Å². The van der Waals surface area contributed by atoms with Gasteiger partial charge in [-0.2, -0.15) is 0 Å². The van der Waals surface area contributed by atoms with Crippen molar-refractivity contribution in [3.05, 3.63) is 24.3 Å². The van der Waals surface area contributed by atoms with E-state index in [4.69, 9.17) is 4.74 Å². The highest BCUT2D eigenvalue weighted by molar-refractivity contribution is 5.76. The molecule has 6 heteroatoms. The van der Waals surface area contributed by atoms with E-state index in [9.17, 15) is 19.8 Å². The van der Waals surface area contributed by atoms with Crippen LogP contribution in [0.1, 0.15) is 386 Å². The maximum Gasteiger partial charge on any atom is 0.305 e. The Bertz CT molecular complexity index is 1190. The fraction of sp³-hybridized carbons (Fsp3) is 0.914. The minimum Gasteiger partial charge on any atom is -0.466 e. The zero-order chi connectivity index (χ0) is 55.0. The lowest BCUT2D eigenvalue weighted by atomic mass is 10.0. The van der Waals surface area contributed by atoms with E-state index >= 15 is 0 Å². The second-order valence-electron chi connectivity index (χ2n) is 23.9. The third kappa shape index (κ3) is 61.6. The Morgan fingerprint density at radius 2 is 0.632 bits per heavy atom. The molecule has 0 saturated carbocycles. The Morgan fingerprint density at radius 1 is 0.355 bits per heavy atom. The summed E-state index contributed by atoms with van der Waals surface area (Å²) in [7, 11) is 0. The number of carbonyl (C=O) groups is 2. The monoisotopic (exact) mass is 1070 g/mol. The molecule has 2 unspecified atom stereocenters. The summed E-state index contributed by atoms with van der Waals surface area (Å²) >= 11 is 0. The zero-order valence-corrected chi connectivity index (χ0v) is 51.5. The van der Waals surface area contributed by atoms with Crippen LogP contribution >= 0.6 is 0 Å². The van der Waals surface area contributed by atoms with Crippen molar-refractivity contribution in [3.8, 4) is 0 Å². The van der Waals surface area contributed by atoms with Crippen LogP contribution in [0.15, 0.2) is 24.3 Å². The molecule has 2 atom stereocenters. The van der Waals surface area contributed by atoms with Gasteiger partial charge in [0, 0.05) is 12.8 Å². The first-order valence-corrected chi connectivity index (χ1v) is 34.6. The quantitative estimate of drug-likeness (QED) is 0.0320. The number of unbranched alkanes of at least 4 members (excludes halogenated alkanes) is 50. The number of aliphatic hydroxyl groups excluding tert-OH is 2. The maximum atomic E-state index is 12.5. The van der Waals surface area contributed by atoms with Crippen molar-refractivity contribution >= 4 is 11.9 Å². The average molecular weight is 1070 g/mol. The molecule has 0 spiro atoms. The number of rotatable bonds is 65. The predicted octanol–water partition coefficient (Wildman–Crippen LogP) is 22.1. The third-order valence-electron chi connectivity index (χ3n) is 16.2. The van der Waals surface area contributed by atoms with Crippen LogP contribution in [0.25, 0.3) is 0 Å². The molecular weight excluding hydrogens is 935 g/mol. The molecule has 6 nitrogen and oxygen atoms in total. The van der Waals surface area contributed by atoms with E-state index in [2.05, 4.69) is 43.5 Å². The molecule has 0 aliphatic carbocycles. The predicted molar refractivity (Wildman–Crippen MR) is 333 cm³/mol. The Morgan fingerprint density at radius 3 is 0.974 bits per heavy atom. The topological polar surface area (TPSA) is 95.9 Å². The summed E-state index contributed by atoms with van der Waals surface area (Å²) in [5, 5.41) is 23.4. The second-order valence-corrected chi connectivity index (χ2v) is 23.9. The number of hydrogen-bond donors (Lipinski definition) is 3. The molecule has 0 aromatic carbocycles. The number of ether oxygens (including phenoxy) is 1. The van der Waals surface area contributed by atoms with Gasteiger partial charge in [0.1, 0.15) is 0 Å². The first-order chi connectivity index (χ1) is 37.5. The van der Waals surface area contributed by atoms with Gasteiger partial charge in [-0.3, -0.25) is 9.59 Å². The van der Waals surface area contributed by atoms with Crippen LogP contribution in [-0.2, 0) is 14.3 Å². The SMILES string of the molecule is CCCC/C=C\CCCCCCCC(=O)OCCCCCCCCCCCCCC/C=C\CCCCCCCCCCCC(=O)NC(CO)C(O)CCCCCCCCCCCCCCCCCCCCCCCCC. The molecule has 450 valence electrons. The standard InChI is InChI=1S/C70H135NO5/c1-3-5-7-9-11-13-15-16-17-18-19-20-24-27-30-33-36-39-43-46-50-54-58-62-68(73)67(66-72)71-69(74)63-59-55-51-47-44-40-37-34-31-28-25-22-21-23-26-29-32-35-38-41-45-49-53-57-61-65-76-70(75)64-60-56-52-48-42-14-12-10-8-6-4-2/h10,12,22,25,67-68,72-73H,3-9,11,13-21,23-24,26-66H2,1-2H3,(H,71,74)/b12-10-,25-22-. The van der Waals surface area contributed by atoms with Gasteiger partial charge in [-0.25, -0.2) is 0 Å². The lowest BCUT2D eigenvalue weighted by Crippen LogP contribution is -2.45. The first kappa shape index (κ1) is 74.3. The van der Waals surface area contributed by atoms with Crippen molar-refractivity contribution in [2.24, 2.45) is 0 Å². The van der Waals surface area contributed by atoms with E-state index in [0.717, 1.165) is 44.9 Å². The Kier molecular flexibility index (Phi) is 64.4. The zero-order valence-electron chi connectivity index (χ0n) is 51.5. The Balaban J connectivity index is 3.40. The summed E-state index contributed by atoms with van der Waals surface area (Å²) in [6.07, 6.45) is 82.2. The van der Waals surface area contributed by atoms with E-state index in [1.807, 2.05) is 0 Å². The minimum absolute atomic E-state index is 0.00302. The van der Waals surface area contributed by atoms with Crippen molar-refractivity contribution in [1.29, 1.82) is 0 Å². The molecule has 0 fully saturated rings.